The normalized spacial score (nSPS) is 17.9. The Balaban J connectivity index is 1.52. The van der Waals surface area contributed by atoms with E-state index in [0.717, 1.165) is 44.2 Å². The van der Waals surface area contributed by atoms with Crippen molar-refractivity contribution in [2.45, 2.75) is 62.8 Å². The van der Waals surface area contributed by atoms with Crippen LogP contribution in [0.25, 0.3) is 23.0 Å². The summed E-state index contributed by atoms with van der Waals surface area (Å²) in [7, 11) is -3.66. The molecular weight excluding hydrogens is 522 g/mol. The quantitative estimate of drug-likeness (QED) is 0.313. The third kappa shape index (κ3) is 6.19. The summed E-state index contributed by atoms with van der Waals surface area (Å²) in [4.78, 5) is 13.2. The number of sulfonamides is 1. The molecule has 2 heterocycles. The lowest BCUT2D eigenvalue weighted by atomic mass is 9.95. The molecule has 1 saturated carbocycles. The predicted molar refractivity (Wildman–Crippen MR) is 155 cm³/mol. The molecule has 5 rings (SSSR count). The maximum absolute atomic E-state index is 13.5. The van der Waals surface area contributed by atoms with Gasteiger partial charge in [-0.2, -0.15) is 14.7 Å². The van der Waals surface area contributed by atoms with Gasteiger partial charge in [0.15, 0.2) is 0 Å². The molecule has 0 bridgehead atoms. The van der Waals surface area contributed by atoms with Gasteiger partial charge in [-0.3, -0.25) is 4.79 Å². The number of nitrogens with zero attached hydrogens (tertiary/aromatic N) is 4. The van der Waals surface area contributed by atoms with Gasteiger partial charge in [0, 0.05) is 36.5 Å². The Labute approximate surface area is 236 Å². The van der Waals surface area contributed by atoms with Crippen molar-refractivity contribution in [3.8, 4) is 23.0 Å². The number of nitrogens with one attached hydrogen (secondary N) is 1. The van der Waals surface area contributed by atoms with E-state index in [2.05, 4.69) is 18.3 Å². The van der Waals surface area contributed by atoms with Gasteiger partial charge in [0.25, 0.3) is 5.91 Å². The van der Waals surface area contributed by atoms with Gasteiger partial charge in [0.2, 0.25) is 10.0 Å². The number of benzene rings is 2. The second-order valence-corrected chi connectivity index (χ2v) is 12.7. The van der Waals surface area contributed by atoms with E-state index in [4.69, 9.17) is 5.10 Å². The Hall–Kier alpha value is -3.74. The zero-order chi connectivity index (χ0) is 28.1. The zero-order valence-electron chi connectivity index (χ0n) is 22.8. The van der Waals surface area contributed by atoms with E-state index >= 15 is 0 Å². The SMILES string of the molecule is CC1CCN(S(=O)(=O)c2cccc(-c3nn(-c4ccccc4)cc3C=C(C#N)C(=O)NC3CCCCC3)c2)CC1. The average Bonchev–Trinajstić information content (AvgIpc) is 3.41. The first-order valence-electron chi connectivity index (χ1n) is 14.0. The van der Waals surface area contributed by atoms with Crippen LogP contribution in [0.5, 0.6) is 0 Å². The van der Waals surface area contributed by atoms with Gasteiger partial charge in [-0.15, -0.1) is 0 Å². The van der Waals surface area contributed by atoms with Crippen molar-refractivity contribution in [1.82, 2.24) is 19.4 Å². The van der Waals surface area contributed by atoms with Crippen molar-refractivity contribution in [3.05, 3.63) is 71.9 Å². The molecule has 1 amide bonds. The molecule has 2 aliphatic rings. The van der Waals surface area contributed by atoms with Gasteiger partial charge in [-0.05, 0) is 61.9 Å². The highest BCUT2D eigenvalue weighted by molar-refractivity contribution is 7.89. The van der Waals surface area contributed by atoms with Crippen LogP contribution < -0.4 is 5.32 Å². The molecule has 1 N–H and O–H groups in total. The summed E-state index contributed by atoms with van der Waals surface area (Å²) in [5.41, 5.74) is 2.44. The standard InChI is InChI=1S/C31H35N5O3S/c1-23-15-17-35(18-16-23)40(38,39)29-14-8-9-24(20-29)30-26(22-36(34-30)28-12-6-3-7-13-28)19-25(21-32)31(37)33-27-10-4-2-5-11-27/h3,6-9,12-14,19-20,22-23,27H,2,4-5,10-11,15-18H2,1H3,(H,33,37). The first-order valence-corrected chi connectivity index (χ1v) is 15.5. The Kier molecular flexibility index (Phi) is 8.48. The Morgan fingerprint density at radius 1 is 1.02 bits per heavy atom. The maximum Gasteiger partial charge on any atom is 0.262 e. The summed E-state index contributed by atoms with van der Waals surface area (Å²) in [5, 5.41) is 17.7. The molecule has 208 valence electrons. The lowest BCUT2D eigenvalue weighted by molar-refractivity contribution is -0.117. The summed E-state index contributed by atoms with van der Waals surface area (Å²) in [5.74, 6) is 0.113. The number of aromatic nitrogens is 2. The van der Waals surface area contributed by atoms with Crippen LogP contribution in [0.2, 0.25) is 0 Å². The van der Waals surface area contributed by atoms with Crippen LogP contribution in [0.3, 0.4) is 0 Å². The van der Waals surface area contributed by atoms with Crippen molar-refractivity contribution in [2.24, 2.45) is 5.92 Å². The lowest BCUT2D eigenvalue weighted by Crippen LogP contribution is -2.37. The van der Waals surface area contributed by atoms with Crippen molar-refractivity contribution in [2.75, 3.05) is 13.1 Å². The largest absolute Gasteiger partial charge is 0.349 e. The third-order valence-electron chi connectivity index (χ3n) is 7.86. The molecule has 0 atom stereocenters. The van der Waals surface area contributed by atoms with E-state index in [1.165, 1.54) is 6.42 Å². The minimum atomic E-state index is -3.66. The van der Waals surface area contributed by atoms with E-state index in [1.54, 1.807) is 45.5 Å². The maximum atomic E-state index is 13.5. The number of carbonyl (C=O) groups excluding carboxylic acids is 1. The number of hydrogen-bond acceptors (Lipinski definition) is 5. The van der Waals surface area contributed by atoms with Gasteiger partial charge in [0.05, 0.1) is 10.6 Å². The van der Waals surface area contributed by atoms with Gasteiger partial charge in [-0.1, -0.05) is 56.5 Å². The second kappa shape index (κ2) is 12.2. The van der Waals surface area contributed by atoms with Crippen LogP contribution in [0, 0.1) is 17.2 Å². The second-order valence-electron chi connectivity index (χ2n) is 10.8. The summed E-state index contributed by atoms with van der Waals surface area (Å²) in [6, 6.07) is 18.4. The highest BCUT2D eigenvalue weighted by Gasteiger charge is 2.28. The van der Waals surface area contributed by atoms with Crippen molar-refractivity contribution in [3.63, 3.8) is 0 Å². The first kappa shape index (κ1) is 27.8. The fraction of sp³-hybridized carbons (Fsp3) is 0.387. The topological polar surface area (TPSA) is 108 Å². The number of rotatable bonds is 7. The molecule has 2 aromatic carbocycles. The third-order valence-corrected chi connectivity index (χ3v) is 9.75. The lowest BCUT2D eigenvalue weighted by Gasteiger charge is -2.29. The Morgan fingerprint density at radius 2 is 1.75 bits per heavy atom. The Morgan fingerprint density at radius 3 is 2.45 bits per heavy atom. The molecule has 3 aromatic rings. The predicted octanol–water partition coefficient (Wildman–Crippen LogP) is 5.32. The van der Waals surface area contributed by atoms with Gasteiger partial charge in [-0.25, -0.2) is 13.1 Å². The van der Waals surface area contributed by atoms with Crippen molar-refractivity contribution < 1.29 is 13.2 Å². The fourth-order valence-corrected chi connectivity index (χ4v) is 6.94. The van der Waals surface area contributed by atoms with Gasteiger partial charge in [0.1, 0.15) is 17.3 Å². The van der Waals surface area contributed by atoms with E-state index < -0.39 is 15.9 Å². The number of carbonyl (C=O) groups is 1. The van der Waals surface area contributed by atoms with E-state index in [1.807, 2.05) is 30.3 Å². The van der Waals surface area contributed by atoms with Crippen molar-refractivity contribution in [1.29, 1.82) is 5.26 Å². The van der Waals surface area contributed by atoms with Crippen LogP contribution in [-0.2, 0) is 14.8 Å². The fourth-order valence-electron chi connectivity index (χ4n) is 5.42. The number of piperidine rings is 1. The smallest absolute Gasteiger partial charge is 0.262 e. The molecule has 0 radical (unpaired) electrons. The first-order chi connectivity index (χ1) is 19.3. The summed E-state index contributed by atoms with van der Waals surface area (Å²) >= 11 is 0. The molecule has 40 heavy (non-hydrogen) atoms. The summed E-state index contributed by atoms with van der Waals surface area (Å²) < 4.78 is 30.2. The molecular formula is C31H35N5O3S. The zero-order valence-corrected chi connectivity index (χ0v) is 23.6. The molecule has 1 aliphatic heterocycles. The molecule has 1 aromatic heterocycles. The van der Waals surface area contributed by atoms with E-state index in [9.17, 15) is 18.5 Å². The van der Waals surface area contributed by atoms with Crippen LogP contribution in [-0.4, -0.2) is 47.5 Å². The molecule has 8 nitrogen and oxygen atoms in total. The Bertz CT molecular complexity index is 1520. The van der Waals surface area contributed by atoms with Crippen LogP contribution >= 0.6 is 0 Å². The highest BCUT2D eigenvalue weighted by Crippen LogP contribution is 2.30. The van der Waals surface area contributed by atoms with Gasteiger partial charge < -0.3 is 5.32 Å². The van der Waals surface area contributed by atoms with Crippen LogP contribution in [0.15, 0.2) is 71.3 Å². The summed E-state index contributed by atoms with van der Waals surface area (Å²) in [6.45, 7) is 3.16. The minimum absolute atomic E-state index is 0.00866. The molecule has 2 fully saturated rings. The molecule has 1 saturated heterocycles. The van der Waals surface area contributed by atoms with Crippen LogP contribution in [0.4, 0.5) is 0 Å². The average molecular weight is 558 g/mol. The number of para-hydroxylation sites is 1. The van der Waals surface area contributed by atoms with E-state index in [0.29, 0.717) is 35.8 Å². The van der Waals surface area contributed by atoms with Crippen molar-refractivity contribution >= 4 is 22.0 Å². The number of amides is 1. The molecule has 1 aliphatic carbocycles. The summed E-state index contributed by atoms with van der Waals surface area (Å²) in [6.07, 6.45) is 10.1. The molecule has 9 heteroatoms. The number of hydrogen-bond donors (Lipinski definition) is 1. The highest BCUT2D eigenvalue weighted by atomic mass is 32.2. The number of nitriles is 1. The molecule has 0 spiro atoms. The van der Waals surface area contributed by atoms with Gasteiger partial charge >= 0.3 is 0 Å². The monoisotopic (exact) mass is 557 g/mol. The van der Waals surface area contributed by atoms with E-state index in [-0.39, 0.29) is 16.5 Å². The molecule has 0 unspecified atom stereocenters. The minimum Gasteiger partial charge on any atom is -0.349 e. The van der Waals surface area contributed by atoms with Crippen LogP contribution in [0.1, 0.15) is 57.4 Å².